The summed E-state index contributed by atoms with van der Waals surface area (Å²) in [5.74, 6) is 1.29. The molecule has 3 aromatic rings. The maximum atomic E-state index is 13.4. The molecule has 0 aliphatic rings. The Morgan fingerprint density at radius 1 is 0.714 bits per heavy atom. The van der Waals surface area contributed by atoms with Gasteiger partial charge in [0.15, 0.2) is 0 Å². The molecular formula is C37H46O5. The van der Waals surface area contributed by atoms with Gasteiger partial charge in [-0.25, -0.2) is 4.79 Å². The van der Waals surface area contributed by atoms with Crippen LogP contribution in [0.5, 0.6) is 17.2 Å². The van der Waals surface area contributed by atoms with Gasteiger partial charge in [-0.3, -0.25) is 0 Å². The van der Waals surface area contributed by atoms with Gasteiger partial charge >= 0.3 is 5.63 Å². The minimum absolute atomic E-state index is 0.0499. The summed E-state index contributed by atoms with van der Waals surface area (Å²) in [7, 11) is 3.20. The van der Waals surface area contributed by atoms with Crippen molar-refractivity contribution in [3.8, 4) is 28.4 Å². The molecule has 0 bridgehead atoms. The van der Waals surface area contributed by atoms with Gasteiger partial charge in [0.1, 0.15) is 22.8 Å². The number of fused-ring (bicyclic) bond motifs is 1. The molecule has 42 heavy (non-hydrogen) atoms. The molecule has 5 heteroatoms. The number of phenols is 1. The zero-order valence-corrected chi connectivity index (χ0v) is 26.5. The zero-order chi connectivity index (χ0) is 30.8. The van der Waals surface area contributed by atoms with Crippen molar-refractivity contribution in [1.82, 2.24) is 0 Å². The van der Waals surface area contributed by atoms with E-state index in [-0.39, 0.29) is 11.3 Å². The summed E-state index contributed by atoms with van der Waals surface area (Å²) in [4.78, 5) is 13.4. The molecular weight excluding hydrogens is 524 g/mol. The van der Waals surface area contributed by atoms with Crippen LogP contribution in [-0.2, 0) is 12.8 Å². The molecule has 0 aliphatic heterocycles. The molecule has 0 radical (unpaired) electrons. The van der Waals surface area contributed by atoms with Gasteiger partial charge in [0.2, 0.25) is 0 Å². The summed E-state index contributed by atoms with van der Waals surface area (Å²) in [6.07, 6.45) is 13.8. The Morgan fingerprint density at radius 3 is 1.79 bits per heavy atom. The van der Waals surface area contributed by atoms with E-state index < -0.39 is 5.63 Å². The average Bonchev–Trinajstić information content (AvgIpc) is 2.94. The minimum Gasteiger partial charge on any atom is -0.507 e. The highest BCUT2D eigenvalue weighted by molar-refractivity contribution is 5.87. The van der Waals surface area contributed by atoms with Crippen LogP contribution in [0.3, 0.4) is 0 Å². The topological polar surface area (TPSA) is 68.9 Å². The monoisotopic (exact) mass is 570 g/mol. The van der Waals surface area contributed by atoms with Crippen LogP contribution in [0.2, 0.25) is 0 Å². The van der Waals surface area contributed by atoms with Crippen LogP contribution in [0.1, 0.15) is 78.4 Å². The van der Waals surface area contributed by atoms with E-state index in [1.165, 1.54) is 22.3 Å². The Kier molecular flexibility index (Phi) is 11.8. The van der Waals surface area contributed by atoms with E-state index in [1.807, 2.05) is 18.2 Å². The third-order valence-corrected chi connectivity index (χ3v) is 7.33. The van der Waals surface area contributed by atoms with E-state index in [0.29, 0.717) is 41.1 Å². The third kappa shape index (κ3) is 9.01. The van der Waals surface area contributed by atoms with Crippen LogP contribution in [0, 0.1) is 0 Å². The lowest BCUT2D eigenvalue weighted by molar-refractivity contribution is 0.411. The fourth-order valence-electron chi connectivity index (χ4n) is 4.83. The largest absolute Gasteiger partial charge is 0.507 e. The normalized spacial score (nSPS) is 11.9. The first-order valence-electron chi connectivity index (χ1n) is 14.6. The van der Waals surface area contributed by atoms with Gasteiger partial charge in [-0.2, -0.15) is 0 Å². The smallest absolute Gasteiger partial charge is 0.344 e. The fraction of sp³-hybridized carbons (Fsp3) is 0.378. The second-order valence-electron chi connectivity index (χ2n) is 11.5. The van der Waals surface area contributed by atoms with Crippen molar-refractivity contribution in [3.05, 3.63) is 98.5 Å². The molecule has 224 valence electrons. The Hall–Kier alpha value is -3.99. The fourth-order valence-corrected chi connectivity index (χ4v) is 4.83. The summed E-state index contributed by atoms with van der Waals surface area (Å²) in [5, 5.41) is 12.0. The minimum atomic E-state index is -0.513. The number of aromatic hydroxyl groups is 1. The highest BCUT2D eigenvalue weighted by atomic mass is 16.5. The number of hydrogen-bond acceptors (Lipinski definition) is 5. The summed E-state index contributed by atoms with van der Waals surface area (Å²) in [6.45, 7) is 12.6. The van der Waals surface area contributed by atoms with Crippen LogP contribution in [-0.4, -0.2) is 19.3 Å². The molecule has 0 aliphatic carbocycles. The maximum Gasteiger partial charge on any atom is 0.344 e. The predicted molar refractivity (Wildman–Crippen MR) is 175 cm³/mol. The molecule has 0 saturated heterocycles. The van der Waals surface area contributed by atoms with Crippen molar-refractivity contribution in [1.29, 1.82) is 0 Å². The van der Waals surface area contributed by atoms with Crippen LogP contribution in [0.4, 0.5) is 0 Å². The molecule has 1 N–H and O–H groups in total. The van der Waals surface area contributed by atoms with Crippen LogP contribution < -0.4 is 15.1 Å². The van der Waals surface area contributed by atoms with E-state index in [2.05, 4.69) is 65.8 Å². The first-order valence-corrected chi connectivity index (χ1v) is 14.6. The number of rotatable bonds is 13. The van der Waals surface area contributed by atoms with E-state index >= 15 is 0 Å². The molecule has 0 atom stereocenters. The molecule has 3 rings (SSSR count). The van der Waals surface area contributed by atoms with Gasteiger partial charge in [0, 0.05) is 22.1 Å². The molecule has 1 aromatic heterocycles. The van der Waals surface area contributed by atoms with Gasteiger partial charge < -0.3 is 19.0 Å². The Bertz CT molecular complexity index is 1570. The average molecular weight is 571 g/mol. The zero-order valence-electron chi connectivity index (χ0n) is 26.5. The van der Waals surface area contributed by atoms with E-state index in [4.69, 9.17) is 13.9 Å². The van der Waals surface area contributed by atoms with Crippen molar-refractivity contribution in [2.75, 3.05) is 14.2 Å². The second kappa shape index (κ2) is 15.3. The van der Waals surface area contributed by atoms with Gasteiger partial charge in [-0.15, -0.1) is 0 Å². The first-order chi connectivity index (χ1) is 20.0. The molecule has 0 amide bonds. The quantitative estimate of drug-likeness (QED) is 0.164. The summed E-state index contributed by atoms with van der Waals surface area (Å²) >= 11 is 0. The molecule has 1 heterocycles. The lowest BCUT2D eigenvalue weighted by atomic mass is 9.97. The highest BCUT2D eigenvalue weighted by Gasteiger charge is 2.18. The Morgan fingerprint density at radius 2 is 1.24 bits per heavy atom. The highest BCUT2D eigenvalue weighted by Crippen LogP contribution is 2.37. The molecule has 0 spiro atoms. The van der Waals surface area contributed by atoms with Crippen molar-refractivity contribution in [2.24, 2.45) is 0 Å². The SMILES string of the molecule is COc1cc(C/C=C(\C)CCC=C(C)C)c(O)c(-c2cc3cc(OC)cc(C/C=C(\C)CCC=C(C)C)c3oc2=O)c1. The number of hydrogen-bond donors (Lipinski definition) is 1. The van der Waals surface area contributed by atoms with E-state index in [1.54, 1.807) is 26.4 Å². The van der Waals surface area contributed by atoms with Gasteiger partial charge in [0.25, 0.3) is 0 Å². The van der Waals surface area contributed by atoms with Crippen LogP contribution in [0.25, 0.3) is 22.1 Å². The number of phenolic OH excluding ortho intramolecular Hbond substituents is 1. The van der Waals surface area contributed by atoms with Gasteiger partial charge in [0.05, 0.1) is 19.8 Å². The van der Waals surface area contributed by atoms with Crippen molar-refractivity contribution < 1.29 is 19.0 Å². The lowest BCUT2D eigenvalue weighted by Crippen LogP contribution is -2.05. The standard InChI is InChI=1S/C37H46O5/c1-24(2)11-9-13-26(5)15-17-28-19-32(41-8)23-33(35(28)38)34-22-30-21-31(40-7)20-29(36(30)42-37(34)39)18-16-27(6)14-10-12-25(3)4/h11-12,15-16,19-23,38H,9-10,13-14,17-18H2,1-8H3/b26-15+,27-16+. The number of ether oxygens (including phenoxy) is 2. The van der Waals surface area contributed by atoms with E-state index in [9.17, 15) is 9.90 Å². The lowest BCUT2D eigenvalue weighted by Gasteiger charge is -2.13. The summed E-state index contributed by atoms with van der Waals surface area (Å²) in [6, 6.07) is 9.04. The third-order valence-electron chi connectivity index (χ3n) is 7.33. The van der Waals surface area contributed by atoms with Crippen molar-refractivity contribution in [2.45, 2.75) is 80.1 Å². The van der Waals surface area contributed by atoms with Crippen molar-refractivity contribution in [3.63, 3.8) is 0 Å². The number of benzene rings is 2. The molecule has 0 unspecified atom stereocenters. The van der Waals surface area contributed by atoms with E-state index in [0.717, 1.165) is 36.6 Å². The second-order valence-corrected chi connectivity index (χ2v) is 11.5. The summed E-state index contributed by atoms with van der Waals surface area (Å²) in [5.41, 5.74) is 7.36. The van der Waals surface area contributed by atoms with Crippen LogP contribution in [0.15, 0.2) is 86.1 Å². The van der Waals surface area contributed by atoms with Crippen LogP contribution >= 0.6 is 0 Å². The number of methoxy groups -OCH3 is 2. The summed E-state index contributed by atoms with van der Waals surface area (Å²) < 4.78 is 17.1. The Labute approximate surface area is 250 Å². The molecule has 2 aromatic carbocycles. The predicted octanol–water partition coefficient (Wildman–Crippen LogP) is 9.65. The first kappa shape index (κ1) is 32.5. The number of allylic oxidation sites excluding steroid dienone is 8. The maximum absolute atomic E-state index is 13.4. The Balaban J connectivity index is 2.01. The van der Waals surface area contributed by atoms with Gasteiger partial charge in [-0.1, -0.05) is 46.6 Å². The molecule has 0 saturated carbocycles. The molecule has 0 fully saturated rings. The van der Waals surface area contributed by atoms with Crippen molar-refractivity contribution >= 4 is 11.0 Å². The van der Waals surface area contributed by atoms with Gasteiger partial charge in [-0.05, 0) is 110 Å². The molecule has 5 nitrogen and oxygen atoms in total.